The van der Waals surface area contributed by atoms with Gasteiger partial charge < -0.3 is 15.4 Å². The number of benzene rings is 1. The minimum Gasteiger partial charge on any atom is -0.493 e. The normalized spacial score (nSPS) is 22.1. The summed E-state index contributed by atoms with van der Waals surface area (Å²) in [7, 11) is 0. The van der Waals surface area contributed by atoms with Crippen LogP contribution in [0.5, 0.6) is 5.75 Å². The molecule has 0 fully saturated rings. The van der Waals surface area contributed by atoms with Crippen molar-refractivity contribution < 1.29 is 4.74 Å². The molecule has 106 valence electrons. The van der Waals surface area contributed by atoms with Gasteiger partial charge in [0.25, 0.3) is 0 Å². The van der Waals surface area contributed by atoms with Crippen LogP contribution in [0, 0.1) is 5.92 Å². The van der Waals surface area contributed by atoms with Gasteiger partial charge in [-0.2, -0.15) is 0 Å². The molecule has 2 unspecified atom stereocenters. The highest BCUT2D eigenvalue weighted by Crippen LogP contribution is 2.33. The van der Waals surface area contributed by atoms with E-state index in [1.165, 1.54) is 12.8 Å². The van der Waals surface area contributed by atoms with Crippen LogP contribution in [-0.4, -0.2) is 31.1 Å². The lowest BCUT2D eigenvalue weighted by Gasteiger charge is -2.34. The van der Waals surface area contributed by atoms with Gasteiger partial charge in [0.1, 0.15) is 5.75 Å². The summed E-state index contributed by atoms with van der Waals surface area (Å²) in [5.41, 5.74) is 7.58. The Hall–Kier alpha value is -1.06. The highest BCUT2D eigenvalue weighted by Gasteiger charge is 2.28. The van der Waals surface area contributed by atoms with E-state index in [1.54, 1.807) is 0 Å². The molecule has 3 nitrogen and oxygen atoms in total. The monoisotopic (exact) mass is 262 g/mol. The van der Waals surface area contributed by atoms with Gasteiger partial charge in [0.05, 0.1) is 6.61 Å². The van der Waals surface area contributed by atoms with Gasteiger partial charge >= 0.3 is 0 Å². The lowest BCUT2D eigenvalue weighted by atomic mass is 9.91. The summed E-state index contributed by atoms with van der Waals surface area (Å²) in [4.78, 5) is 2.52. The van der Waals surface area contributed by atoms with Crippen LogP contribution >= 0.6 is 0 Å². The first kappa shape index (κ1) is 14.4. The Kier molecular flexibility index (Phi) is 5.23. The molecule has 1 aromatic rings. The van der Waals surface area contributed by atoms with Crippen LogP contribution in [0.1, 0.15) is 38.3 Å². The third kappa shape index (κ3) is 3.48. The standard InChI is InChI=1S/C16H26N2O/c1-3-9-18(10-4-2)11-13-12-19-15-8-6-5-7-14(15)16(13)17/h5-8,13,16H,3-4,9-12,17H2,1-2H3. The number of nitrogens with two attached hydrogens (primary N) is 1. The molecular formula is C16H26N2O. The van der Waals surface area contributed by atoms with Crippen molar-refractivity contribution in [1.29, 1.82) is 0 Å². The van der Waals surface area contributed by atoms with Crippen LogP contribution in [0.15, 0.2) is 24.3 Å². The van der Waals surface area contributed by atoms with E-state index in [9.17, 15) is 0 Å². The van der Waals surface area contributed by atoms with Gasteiger partial charge in [-0.05, 0) is 32.0 Å². The molecular weight excluding hydrogens is 236 g/mol. The fraction of sp³-hybridized carbons (Fsp3) is 0.625. The first-order valence-corrected chi connectivity index (χ1v) is 7.45. The van der Waals surface area contributed by atoms with Gasteiger partial charge in [0, 0.05) is 24.1 Å². The summed E-state index contributed by atoms with van der Waals surface area (Å²) in [5, 5.41) is 0. The van der Waals surface area contributed by atoms with Gasteiger partial charge in [-0.3, -0.25) is 0 Å². The molecule has 0 aliphatic carbocycles. The molecule has 1 aliphatic rings. The van der Waals surface area contributed by atoms with E-state index in [0.717, 1.165) is 37.6 Å². The summed E-state index contributed by atoms with van der Waals surface area (Å²) >= 11 is 0. The molecule has 0 spiro atoms. The molecule has 0 saturated heterocycles. The Balaban J connectivity index is 2.02. The quantitative estimate of drug-likeness (QED) is 0.856. The van der Waals surface area contributed by atoms with E-state index < -0.39 is 0 Å². The van der Waals surface area contributed by atoms with Crippen molar-refractivity contribution in [3.63, 3.8) is 0 Å². The van der Waals surface area contributed by atoms with Gasteiger partial charge in [-0.15, -0.1) is 0 Å². The van der Waals surface area contributed by atoms with Crippen LogP contribution < -0.4 is 10.5 Å². The van der Waals surface area contributed by atoms with Crippen molar-refractivity contribution in [3.05, 3.63) is 29.8 Å². The number of nitrogens with zero attached hydrogens (tertiary/aromatic N) is 1. The predicted octanol–water partition coefficient (Wildman–Crippen LogP) is 2.82. The molecule has 2 N–H and O–H groups in total. The first-order valence-electron chi connectivity index (χ1n) is 7.45. The van der Waals surface area contributed by atoms with Crippen molar-refractivity contribution in [2.24, 2.45) is 11.7 Å². The lowest BCUT2D eigenvalue weighted by molar-refractivity contribution is 0.138. The molecule has 1 aliphatic heterocycles. The van der Waals surface area contributed by atoms with Crippen LogP contribution in [0.3, 0.4) is 0 Å². The fourth-order valence-electron chi connectivity index (χ4n) is 2.87. The topological polar surface area (TPSA) is 38.5 Å². The van der Waals surface area contributed by atoms with Crippen molar-refractivity contribution in [1.82, 2.24) is 4.90 Å². The zero-order valence-electron chi connectivity index (χ0n) is 12.1. The maximum atomic E-state index is 6.42. The van der Waals surface area contributed by atoms with Gasteiger partial charge in [0.2, 0.25) is 0 Å². The lowest BCUT2D eigenvalue weighted by Crippen LogP contribution is -2.40. The highest BCUT2D eigenvalue weighted by molar-refractivity contribution is 5.37. The second-order valence-corrected chi connectivity index (χ2v) is 5.44. The number of ether oxygens (including phenoxy) is 1. The van der Waals surface area contributed by atoms with Crippen LogP contribution in [0.25, 0.3) is 0 Å². The van der Waals surface area contributed by atoms with E-state index in [0.29, 0.717) is 5.92 Å². The first-order chi connectivity index (χ1) is 9.26. The number of rotatable bonds is 6. The van der Waals surface area contributed by atoms with Crippen molar-refractivity contribution >= 4 is 0 Å². The molecule has 0 amide bonds. The Morgan fingerprint density at radius 1 is 1.21 bits per heavy atom. The maximum Gasteiger partial charge on any atom is 0.124 e. The predicted molar refractivity (Wildman–Crippen MR) is 79.4 cm³/mol. The Labute approximate surface area is 116 Å². The van der Waals surface area contributed by atoms with E-state index in [1.807, 2.05) is 18.2 Å². The summed E-state index contributed by atoms with van der Waals surface area (Å²) in [6, 6.07) is 8.26. The second kappa shape index (κ2) is 6.92. The Bertz CT molecular complexity index is 388. The van der Waals surface area contributed by atoms with E-state index in [4.69, 9.17) is 10.5 Å². The van der Waals surface area contributed by atoms with Crippen molar-refractivity contribution in [3.8, 4) is 5.75 Å². The van der Waals surface area contributed by atoms with E-state index >= 15 is 0 Å². The number of para-hydroxylation sites is 1. The van der Waals surface area contributed by atoms with Crippen molar-refractivity contribution in [2.75, 3.05) is 26.2 Å². The molecule has 0 bridgehead atoms. The zero-order chi connectivity index (χ0) is 13.7. The molecule has 19 heavy (non-hydrogen) atoms. The third-order valence-corrected chi connectivity index (χ3v) is 3.81. The van der Waals surface area contributed by atoms with Gasteiger partial charge in [-0.1, -0.05) is 32.0 Å². The van der Waals surface area contributed by atoms with Crippen LogP contribution in [0.4, 0.5) is 0 Å². The average molecular weight is 262 g/mol. The molecule has 2 atom stereocenters. The van der Waals surface area contributed by atoms with E-state index in [2.05, 4.69) is 24.8 Å². The zero-order valence-corrected chi connectivity index (χ0v) is 12.1. The molecule has 1 aromatic carbocycles. The molecule has 0 saturated carbocycles. The van der Waals surface area contributed by atoms with Gasteiger partial charge in [-0.25, -0.2) is 0 Å². The Morgan fingerprint density at radius 2 is 1.89 bits per heavy atom. The highest BCUT2D eigenvalue weighted by atomic mass is 16.5. The SMILES string of the molecule is CCCN(CCC)CC1COc2ccccc2C1N. The van der Waals surface area contributed by atoms with Gasteiger partial charge in [0.15, 0.2) is 0 Å². The number of hydrogen-bond donors (Lipinski definition) is 1. The fourth-order valence-corrected chi connectivity index (χ4v) is 2.87. The average Bonchev–Trinajstić information content (AvgIpc) is 2.43. The molecule has 3 heteroatoms. The second-order valence-electron chi connectivity index (χ2n) is 5.44. The molecule has 2 rings (SSSR count). The molecule has 1 heterocycles. The summed E-state index contributed by atoms with van der Waals surface area (Å²) in [5.74, 6) is 1.36. The largest absolute Gasteiger partial charge is 0.493 e. The smallest absolute Gasteiger partial charge is 0.124 e. The Morgan fingerprint density at radius 3 is 2.58 bits per heavy atom. The maximum absolute atomic E-state index is 6.42. The van der Waals surface area contributed by atoms with Crippen LogP contribution in [-0.2, 0) is 0 Å². The van der Waals surface area contributed by atoms with Crippen LogP contribution in [0.2, 0.25) is 0 Å². The number of hydrogen-bond acceptors (Lipinski definition) is 3. The minimum absolute atomic E-state index is 0.0983. The minimum atomic E-state index is 0.0983. The molecule has 0 aromatic heterocycles. The summed E-state index contributed by atoms with van der Waals surface area (Å²) < 4.78 is 5.86. The summed E-state index contributed by atoms with van der Waals surface area (Å²) in [6.07, 6.45) is 2.39. The number of fused-ring (bicyclic) bond motifs is 1. The summed E-state index contributed by atoms with van der Waals surface area (Å²) in [6.45, 7) is 8.54. The molecule has 0 radical (unpaired) electrons. The van der Waals surface area contributed by atoms with E-state index in [-0.39, 0.29) is 6.04 Å². The van der Waals surface area contributed by atoms with Crippen molar-refractivity contribution in [2.45, 2.75) is 32.7 Å². The third-order valence-electron chi connectivity index (χ3n) is 3.81.